The Bertz CT molecular complexity index is 368. The van der Waals surface area contributed by atoms with Crippen LogP contribution in [0.15, 0.2) is 16.6 Å². The molecule has 14 heavy (non-hydrogen) atoms. The molecule has 0 aliphatic heterocycles. The SMILES string of the molecule is CCOC(=O)c1ccc(N)c(Br)c1F. The molecule has 0 bridgehead atoms. The maximum Gasteiger partial charge on any atom is 0.341 e. The number of ether oxygens (including phenoxy) is 1. The molecule has 0 unspecified atom stereocenters. The number of hydrogen-bond donors (Lipinski definition) is 1. The topological polar surface area (TPSA) is 52.3 Å². The minimum absolute atomic E-state index is 0.0862. The van der Waals surface area contributed by atoms with E-state index in [4.69, 9.17) is 5.73 Å². The molecule has 0 radical (unpaired) electrons. The molecule has 1 aromatic rings. The molecule has 0 aliphatic carbocycles. The number of rotatable bonds is 2. The molecule has 0 saturated carbocycles. The molecule has 0 saturated heterocycles. The number of halogens is 2. The van der Waals surface area contributed by atoms with Crippen LogP contribution in [0.5, 0.6) is 0 Å². The van der Waals surface area contributed by atoms with Crippen LogP contribution < -0.4 is 5.73 Å². The minimum atomic E-state index is -0.691. The number of hydrogen-bond acceptors (Lipinski definition) is 3. The van der Waals surface area contributed by atoms with E-state index in [2.05, 4.69) is 20.7 Å². The van der Waals surface area contributed by atoms with E-state index in [1.165, 1.54) is 12.1 Å². The molecular formula is C9H9BrFNO2. The summed E-state index contributed by atoms with van der Waals surface area (Å²) in [6.45, 7) is 1.86. The predicted molar refractivity (Wildman–Crippen MR) is 54.5 cm³/mol. The van der Waals surface area contributed by atoms with Crippen LogP contribution in [0.4, 0.5) is 10.1 Å². The van der Waals surface area contributed by atoms with Crippen molar-refractivity contribution in [1.82, 2.24) is 0 Å². The van der Waals surface area contributed by atoms with E-state index in [0.29, 0.717) is 0 Å². The molecule has 1 aromatic carbocycles. The number of nitrogens with two attached hydrogens (primary N) is 1. The van der Waals surface area contributed by atoms with Gasteiger partial charge in [0.25, 0.3) is 0 Å². The van der Waals surface area contributed by atoms with Crippen molar-refractivity contribution in [2.24, 2.45) is 0 Å². The summed E-state index contributed by atoms with van der Waals surface area (Å²) < 4.78 is 18.2. The van der Waals surface area contributed by atoms with Crippen molar-refractivity contribution in [2.75, 3.05) is 12.3 Å². The molecule has 0 heterocycles. The molecule has 0 atom stereocenters. The van der Waals surface area contributed by atoms with Gasteiger partial charge in [-0.05, 0) is 35.0 Å². The second kappa shape index (κ2) is 4.41. The smallest absolute Gasteiger partial charge is 0.341 e. The first-order valence-corrected chi connectivity index (χ1v) is 4.77. The molecule has 0 aromatic heterocycles. The van der Waals surface area contributed by atoms with Crippen LogP contribution in [0, 0.1) is 5.82 Å². The molecule has 2 N–H and O–H groups in total. The molecular weight excluding hydrogens is 253 g/mol. The van der Waals surface area contributed by atoms with Gasteiger partial charge in [-0.1, -0.05) is 0 Å². The average Bonchev–Trinajstić information content (AvgIpc) is 2.15. The molecule has 0 spiro atoms. The maximum atomic E-state index is 13.4. The van der Waals surface area contributed by atoms with E-state index in [-0.39, 0.29) is 22.3 Å². The Balaban J connectivity index is 3.11. The summed E-state index contributed by atoms with van der Waals surface area (Å²) in [4.78, 5) is 11.2. The fraction of sp³-hybridized carbons (Fsp3) is 0.222. The van der Waals surface area contributed by atoms with E-state index < -0.39 is 11.8 Å². The summed E-state index contributed by atoms with van der Waals surface area (Å²) in [6.07, 6.45) is 0. The van der Waals surface area contributed by atoms with Gasteiger partial charge >= 0.3 is 5.97 Å². The van der Waals surface area contributed by atoms with E-state index in [1.807, 2.05) is 0 Å². The first kappa shape index (κ1) is 11.0. The summed E-state index contributed by atoms with van der Waals surface area (Å²) in [5.74, 6) is -1.38. The van der Waals surface area contributed by atoms with Gasteiger partial charge in [0, 0.05) is 5.69 Å². The van der Waals surface area contributed by atoms with Gasteiger partial charge in [-0.15, -0.1) is 0 Å². The largest absolute Gasteiger partial charge is 0.462 e. The number of carbonyl (C=O) groups excluding carboxylic acids is 1. The van der Waals surface area contributed by atoms with Crippen molar-refractivity contribution in [3.8, 4) is 0 Å². The van der Waals surface area contributed by atoms with Gasteiger partial charge < -0.3 is 10.5 Å². The third kappa shape index (κ3) is 2.04. The maximum absolute atomic E-state index is 13.4. The molecule has 5 heteroatoms. The van der Waals surface area contributed by atoms with Gasteiger partial charge in [0.2, 0.25) is 0 Å². The number of anilines is 1. The molecule has 0 amide bonds. The lowest BCUT2D eigenvalue weighted by Gasteiger charge is -2.05. The molecule has 0 fully saturated rings. The lowest BCUT2D eigenvalue weighted by molar-refractivity contribution is 0.0521. The normalized spacial score (nSPS) is 9.93. The van der Waals surface area contributed by atoms with E-state index in [1.54, 1.807) is 6.92 Å². The summed E-state index contributed by atoms with van der Waals surface area (Å²) in [7, 11) is 0. The van der Waals surface area contributed by atoms with Crippen LogP contribution >= 0.6 is 15.9 Å². The second-order valence-electron chi connectivity index (χ2n) is 2.55. The summed E-state index contributed by atoms with van der Waals surface area (Å²) in [6, 6.07) is 2.74. The van der Waals surface area contributed by atoms with E-state index in [0.717, 1.165) is 0 Å². The van der Waals surface area contributed by atoms with Crippen LogP contribution in [0.25, 0.3) is 0 Å². The van der Waals surface area contributed by atoms with Crippen LogP contribution in [-0.4, -0.2) is 12.6 Å². The summed E-state index contributed by atoms with van der Waals surface area (Å²) in [5.41, 5.74) is 5.55. The Morgan fingerprint density at radius 3 is 2.86 bits per heavy atom. The van der Waals surface area contributed by atoms with Crippen molar-refractivity contribution < 1.29 is 13.9 Å². The lowest BCUT2D eigenvalue weighted by atomic mass is 10.2. The van der Waals surface area contributed by atoms with Crippen LogP contribution in [-0.2, 0) is 4.74 Å². The third-order valence-corrected chi connectivity index (χ3v) is 2.41. The van der Waals surface area contributed by atoms with Crippen LogP contribution in [0.1, 0.15) is 17.3 Å². The highest BCUT2D eigenvalue weighted by Crippen LogP contribution is 2.25. The minimum Gasteiger partial charge on any atom is -0.462 e. The van der Waals surface area contributed by atoms with Crippen molar-refractivity contribution in [3.63, 3.8) is 0 Å². The standard InChI is InChI=1S/C9H9BrFNO2/c1-2-14-9(13)5-3-4-6(12)7(10)8(5)11/h3-4H,2,12H2,1H3. The lowest BCUT2D eigenvalue weighted by Crippen LogP contribution is -2.08. The van der Waals surface area contributed by atoms with Crippen LogP contribution in [0.3, 0.4) is 0 Å². The first-order chi connectivity index (χ1) is 6.57. The Hall–Kier alpha value is -1.10. The highest BCUT2D eigenvalue weighted by molar-refractivity contribution is 9.10. The van der Waals surface area contributed by atoms with Gasteiger partial charge in [0.05, 0.1) is 16.6 Å². The van der Waals surface area contributed by atoms with Gasteiger partial charge in [-0.2, -0.15) is 0 Å². The zero-order valence-corrected chi connectivity index (χ0v) is 9.10. The van der Waals surface area contributed by atoms with Crippen molar-refractivity contribution >= 4 is 27.6 Å². The highest BCUT2D eigenvalue weighted by atomic mass is 79.9. The number of benzene rings is 1. The highest BCUT2D eigenvalue weighted by Gasteiger charge is 2.16. The number of carbonyl (C=O) groups is 1. The van der Waals surface area contributed by atoms with Crippen molar-refractivity contribution in [2.45, 2.75) is 6.92 Å². The van der Waals surface area contributed by atoms with Crippen molar-refractivity contribution in [1.29, 1.82) is 0 Å². The summed E-state index contributed by atoms with van der Waals surface area (Å²) in [5, 5.41) is 0. The zero-order valence-electron chi connectivity index (χ0n) is 7.51. The van der Waals surface area contributed by atoms with Gasteiger partial charge in [0.1, 0.15) is 0 Å². The van der Waals surface area contributed by atoms with Gasteiger partial charge in [-0.3, -0.25) is 0 Å². The predicted octanol–water partition coefficient (Wildman–Crippen LogP) is 2.35. The molecule has 1 rings (SSSR count). The molecule has 3 nitrogen and oxygen atoms in total. The Labute approximate surface area is 89.2 Å². The number of nitrogen functional groups attached to an aromatic ring is 1. The third-order valence-electron chi connectivity index (χ3n) is 1.61. The Morgan fingerprint density at radius 1 is 1.64 bits per heavy atom. The van der Waals surface area contributed by atoms with Crippen LogP contribution in [0.2, 0.25) is 0 Å². The Morgan fingerprint density at radius 2 is 2.29 bits per heavy atom. The average molecular weight is 262 g/mol. The summed E-state index contributed by atoms with van der Waals surface area (Å²) >= 11 is 2.94. The monoisotopic (exact) mass is 261 g/mol. The quantitative estimate of drug-likeness (QED) is 0.657. The fourth-order valence-corrected chi connectivity index (χ4v) is 1.28. The van der Waals surface area contributed by atoms with Crippen molar-refractivity contribution in [3.05, 3.63) is 28.0 Å². The first-order valence-electron chi connectivity index (χ1n) is 3.98. The molecule has 0 aliphatic rings. The van der Waals surface area contributed by atoms with E-state index >= 15 is 0 Å². The zero-order chi connectivity index (χ0) is 10.7. The second-order valence-corrected chi connectivity index (χ2v) is 3.34. The fourth-order valence-electron chi connectivity index (χ4n) is 0.931. The van der Waals surface area contributed by atoms with E-state index in [9.17, 15) is 9.18 Å². The molecule has 76 valence electrons. The van der Waals surface area contributed by atoms with Gasteiger partial charge in [-0.25, -0.2) is 9.18 Å². The Kier molecular flexibility index (Phi) is 3.46. The van der Waals surface area contributed by atoms with Gasteiger partial charge in [0.15, 0.2) is 5.82 Å². The number of esters is 1.